The number of nitrogens with one attached hydrogen (secondary N) is 2. The third-order valence-corrected chi connectivity index (χ3v) is 4.02. The molecule has 2 saturated heterocycles. The van der Waals surface area contributed by atoms with Gasteiger partial charge >= 0.3 is 6.03 Å². The minimum Gasteiger partial charge on any atom is -0.317 e. The lowest BCUT2D eigenvalue weighted by atomic mass is 9.86. The highest BCUT2D eigenvalue weighted by atomic mass is 16.2. The van der Waals surface area contributed by atoms with Crippen LogP contribution in [0.5, 0.6) is 0 Å². The Morgan fingerprint density at radius 2 is 1.79 bits per heavy atom. The number of rotatable bonds is 2. The summed E-state index contributed by atoms with van der Waals surface area (Å²) in [6.07, 6.45) is 1.36. The number of urea groups is 1. The Kier molecular flexibility index (Phi) is 2.98. The molecule has 0 aromatic heterocycles. The molecule has 5 nitrogen and oxygen atoms in total. The van der Waals surface area contributed by atoms with E-state index < -0.39 is 5.54 Å². The van der Waals surface area contributed by atoms with Crippen LogP contribution in [0, 0.1) is 0 Å². The molecule has 0 saturated carbocycles. The Labute approximate surface area is 112 Å². The van der Waals surface area contributed by atoms with E-state index >= 15 is 0 Å². The second-order valence-corrected chi connectivity index (χ2v) is 5.11. The number of imide groups is 1. The molecule has 1 aromatic carbocycles. The van der Waals surface area contributed by atoms with Crippen molar-refractivity contribution in [1.29, 1.82) is 0 Å². The first-order chi connectivity index (χ1) is 9.22. The zero-order chi connectivity index (χ0) is 13.3. The highest BCUT2D eigenvalue weighted by Gasteiger charge is 2.52. The predicted octanol–water partition coefficient (Wildman–Crippen LogP) is 0.861. The van der Waals surface area contributed by atoms with Crippen LogP contribution in [0.25, 0.3) is 0 Å². The molecule has 2 heterocycles. The van der Waals surface area contributed by atoms with Crippen molar-refractivity contribution >= 4 is 11.9 Å². The number of benzene rings is 1. The zero-order valence-electron chi connectivity index (χ0n) is 10.7. The summed E-state index contributed by atoms with van der Waals surface area (Å²) in [5.41, 5.74) is 0.392. The van der Waals surface area contributed by atoms with Crippen molar-refractivity contribution in [2.75, 3.05) is 13.1 Å². The standard InChI is InChI=1S/C14H17N3O2/c18-12-14(6-8-15-9-7-14)17(13(19)16-12)10-11-4-2-1-3-5-11/h1-5,15H,6-10H2,(H,16,18,19). The van der Waals surface area contributed by atoms with Crippen LogP contribution in [-0.2, 0) is 11.3 Å². The van der Waals surface area contributed by atoms with Crippen LogP contribution >= 0.6 is 0 Å². The molecule has 3 rings (SSSR count). The number of nitrogens with zero attached hydrogens (tertiary/aromatic N) is 1. The molecule has 2 aliphatic heterocycles. The molecule has 19 heavy (non-hydrogen) atoms. The topological polar surface area (TPSA) is 61.4 Å². The van der Waals surface area contributed by atoms with Gasteiger partial charge in [-0.15, -0.1) is 0 Å². The van der Waals surface area contributed by atoms with E-state index in [1.807, 2.05) is 30.3 Å². The van der Waals surface area contributed by atoms with Crippen molar-refractivity contribution in [2.45, 2.75) is 24.9 Å². The van der Waals surface area contributed by atoms with Crippen molar-refractivity contribution in [3.05, 3.63) is 35.9 Å². The smallest absolute Gasteiger partial charge is 0.317 e. The van der Waals surface area contributed by atoms with Gasteiger partial charge in [0.05, 0.1) is 0 Å². The normalized spacial score (nSPS) is 21.8. The van der Waals surface area contributed by atoms with Crippen LogP contribution in [0.2, 0.25) is 0 Å². The van der Waals surface area contributed by atoms with Gasteiger partial charge in [-0.25, -0.2) is 4.79 Å². The van der Waals surface area contributed by atoms with Crippen LogP contribution in [0.15, 0.2) is 30.3 Å². The number of carbonyl (C=O) groups is 2. The quantitative estimate of drug-likeness (QED) is 0.774. The van der Waals surface area contributed by atoms with Crippen LogP contribution in [0.1, 0.15) is 18.4 Å². The van der Waals surface area contributed by atoms with Crippen LogP contribution in [-0.4, -0.2) is 35.5 Å². The third kappa shape index (κ3) is 2.00. The maximum atomic E-state index is 12.2. The average Bonchev–Trinajstić information content (AvgIpc) is 2.66. The fourth-order valence-electron chi connectivity index (χ4n) is 2.92. The summed E-state index contributed by atoms with van der Waals surface area (Å²) in [6, 6.07) is 9.52. The lowest BCUT2D eigenvalue weighted by Gasteiger charge is -2.38. The van der Waals surface area contributed by atoms with E-state index in [0.717, 1.165) is 18.7 Å². The Morgan fingerprint density at radius 1 is 1.11 bits per heavy atom. The minimum atomic E-state index is -0.655. The fourth-order valence-corrected chi connectivity index (χ4v) is 2.92. The lowest BCUT2D eigenvalue weighted by Crippen LogP contribution is -2.55. The predicted molar refractivity (Wildman–Crippen MR) is 70.4 cm³/mol. The molecule has 5 heteroatoms. The number of hydrogen-bond acceptors (Lipinski definition) is 3. The number of amides is 3. The van der Waals surface area contributed by atoms with Gasteiger partial charge in [-0.3, -0.25) is 10.1 Å². The summed E-state index contributed by atoms with van der Waals surface area (Å²) in [5, 5.41) is 5.71. The maximum Gasteiger partial charge on any atom is 0.325 e. The SMILES string of the molecule is O=C1NC(=O)C2(CCNCC2)N1Cc1ccccc1. The minimum absolute atomic E-state index is 0.144. The van der Waals surface area contributed by atoms with E-state index in [1.165, 1.54) is 0 Å². The maximum absolute atomic E-state index is 12.2. The number of hydrogen-bond donors (Lipinski definition) is 2. The molecule has 1 spiro atoms. The first-order valence-electron chi connectivity index (χ1n) is 6.60. The first kappa shape index (κ1) is 12.2. The molecule has 2 aliphatic rings. The molecule has 3 amide bonds. The summed E-state index contributed by atoms with van der Waals surface area (Å²) < 4.78 is 0. The molecule has 0 unspecified atom stereocenters. The van der Waals surface area contributed by atoms with Gasteiger partial charge in [0.15, 0.2) is 0 Å². The number of carbonyl (C=O) groups excluding carboxylic acids is 2. The van der Waals surface area contributed by atoms with Crippen molar-refractivity contribution in [1.82, 2.24) is 15.5 Å². The van der Waals surface area contributed by atoms with Crippen molar-refractivity contribution in [2.24, 2.45) is 0 Å². The van der Waals surface area contributed by atoms with E-state index in [0.29, 0.717) is 19.4 Å². The molecule has 0 atom stereocenters. The van der Waals surface area contributed by atoms with Gasteiger partial charge in [-0.1, -0.05) is 30.3 Å². The van der Waals surface area contributed by atoms with Crippen molar-refractivity contribution < 1.29 is 9.59 Å². The van der Waals surface area contributed by atoms with Gasteiger partial charge in [0.1, 0.15) is 5.54 Å². The summed E-state index contributed by atoms with van der Waals surface area (Å²) >= 11 is 0. The molecule has 2 fully saturated rings. The summed E-state index contributed by atoms with van der Waals surface area (Å²) in [5.74, 6) is -0.144. The Morgan fingerprint density at radius 3 is 2.47 bits per heavy atom. The summed E-state index contributed by atoms with van der Waals surface area (Å²) in [4.78, 5) is 25.9. The average molecular weight is 259 g/mol. The van der Waals surface area contributed by atoms with Crippen LogP contribution < -0.4 is 10.6 Å². The third-order valence-electron chi connectivity index (χ3n) is 4.02. The van der Waals surface area contributed by atoms with Gasteiger partial charge in [-0.2, -0.15) is 0 Å². The molecule has 2 N–H and O–H groups in total. The van der Waals surface area contributed by atoms with E-state index in [9.17, 15) is 9.59 Å². The Balaban J connectivity index is 1.88. The monoisotopic (exact) mass is 259 g/mol. The van der Waals surface area contributed by atoms with E-state index in [2.05, 4.69) is 10.6 Å². The summed E-state index contributed by atoms with van der Waals surface area (Å²) in [6.45, 7) is 2.02. The molecular formula is C14H17N3O2. The second-order valence-electron chi connectivity index (χ2n) is 5.11. The number of piperidine rings is 1. The zero-order valence-corrected chi connectivity index (χ0v) is 10.7. The molecular weight excluding hydrogens is 242 g/mol. The Hall–Kier alpha value is -1.88. The molecule has 0 radical (unpaired) electrons. The molecule has 1 aromatic rings. The van der Waals surface area contributed by atoms with Gasteiger partial charge in [-0.05, 0) is 31.5 Å². The van der Waals surface area contributed by atoms with Gasteiger partial charge < -0.3 is 10.2 Å². The highest BCUT2D eigenvalue weighted by Crippen LogP contribution is 2.32. The highest BCUT2D eigenvalue weighted by molar-refractivity contribution is 6.07. The van der Waals surface area contributed by atoms with Crippen LogP contribution in [0.4, 0.5) is 4.79 Å². The van der Waals surface area contributed by atoms with E-state index in [4.69, 9.17) is 0 Å². The van der Waals surface area contributed by atoms with Crippen molar-refractivity contribution in [3.63, 3.8) is 0 Å². The Bertz CT molecular complexity index is 495. The largest absolute Gasteiger partial charge is 0.325 e. The summed E-state index contributed by atoms with van der Waals surface area (Å²) in [7, 11) is 0. The fraction of sp³-hybridized carbons (Fsp3) is 0.429. The van der Waals surface area contributed by atoms with E-state index in [1.54, 1.807) is 4.90 Å². The molecule has 0 aliphatic carbocycles. The second kappa shape index (κ2) is 4.66. The first-order valence-corrected chi connectivity index (χ1v) is 6.60. The van der Waals surface area contributed by atoms with Gasteiger partial charge in [0, 0.05) is 6.54 Å². The molecule has 100 valence electrons. The molecule has 0 bridgehead atoms. The van der Waals surface area contributed by atoms with Crippen LogP contribution in [0.3, 0.4) is 0 Å². The van der Waals surface area contributed by atoms with Crippen molar-refractivity contribution in [3.8, 4) is 0 Å². The lowest BCUT2D eigenvalue weighted by molar-refractivity contribution is -0.128. The van der Waals surface area contributed by atoms with Gasteiger partial charge in [0.2, 0.25) is 0 Å². The van der Waals surface area contributed by atoms with E-state index in [-0.39, 0.29) is 11.9 Å². The van der Waals surface area contributed by atoms with Gasteiger partial charge in [0.25, 0.3) is 5.91 Å².